The van der Waals surface area contributed by atoms with Crippen molar-refractivity contribution in [1.29, 1.82) is 0 Å². The Morgan fingerprint density at radius 3 is 2.57 bits per heavy atom. The average Bonchev–Trinajstić information content (AvgIpc) is 2.17. The van der Waals surface area contributed by atoms with Gasteiger partial charge < -0.3 is 14.7 Å². The molecule has 14 heavy (non-hydrogen) atoms. The van der Waals surface area contributed by atoms with Crippen molar-refractivity contribution < 1.29 is 14.6 Å². The lowest BCUT2D eigenvalue weighted by atomic mass is 10.1. The molecule has 1 heterocycles. The minimum Gasteiger partial charge on any atom is -0.481 e. The summed E-state index contributed by atoms with van der Waals surface area (Å²) < 4.78 is 5.14. The minimum absolute atomic E-state index is 0.104. The highest BCUT2D eigenvalue weighted by Gasteiger charge is 2.18. The van der Waals surface area contributed by atoms with E-state index in [1.54, 1.807) is 7.11 Å². The average molecular weight is 201 g/mol. The second-order valence-electron chi connectivity index (χ2n) is 3.82. The third-order valence-corrected chi connectivity index (χ3v) is 2.65. The lowest BCUT2D eigenvalue weighted by Gasteiger charge is -2.29. The fourth-order valence-corrected chi connectivity index (χ4v) is 1.85. The van der Waals surface area contributed by atoms with Gasteiger partial charge in [-0.2, -0.15) is 0 Å². The van der Waals surface area contributed by atoms with E-state index in [1.165, 1.54) is 19.3 Å². The van der Waals surface area contributed by atoms with E-state index in [9.17, 15) is 4.79 Å². The number of methoxy groups -OCH3 is 1. The third-order valence-electron chi connectivity index (χ3n) is 2.65. The molecular weight excluding hydrogens is 182 g/mol. The van der Waals surface area contributed by atoms with Gasteiger partial charge in [0.05, 0.1) is 12.5 Å². The van der Waals surface area contributed by atoms with Gasteiger partial charge in [-0.1, -0.05) is 6.42 Å². The van der Waals surface area contributed by atoms with E-state index < -0.39 is 5.97 Å². The molecule has 1 atom stereocenters. The number of ether oxygens (including phenoxy) is 1. The molecule has 1 rings (SSSR count). The van der Waals surface area contributed by atoms with Crippen LogP contribution >= 0.6 is 0 Å². The molecule has 0 aromatic rings. The number of aliphatic carboxylic acids is 1. The summed E-state index contributed by atoms with van der Waals surface area (Å²) >= 11 is 0. The molecule has 1 aliphatic heterocycles. The van der Waals surface area contributed by atoms with E-state index in [2.05, 4.69) is 4.90 Å². The lowest BCUT2D eigenvalue weighted by Crippen LogP contribution is -2.38. The second kappa shape index (κ2) is 5.98. The first-order valence-electron chi connectivity index (χ1n) is 5.19. The van der Waals surface area contributed by atoms with Crippen molar-refractivity contribution in [2.45, 2.75) is 31.8 Å². The smallest absolute Gasteiger partial charge is 0.306 e. The summed E-state index contributed by atoms with van der Waals surface area (Å²) in [5.74, 6) is -0.783. The summed E-state index contributed by atoms with van der Waals surface area (Å²) in [5.41, 5.74) is 0. The van der Waals surface area contributed by atoms with Crippen LogP contribution in [0.2, 0.25) is 0 Å². The predicted octanol–water partition coefficient (Wildman–Crippen LogP) is 0.962. The quantitative estimate of drug-likeness (QED) is 0.720. The topological polar surface area (TPSA) is 49.8 Å². The highest BCUT2D eigenvalue weighted by molar-refractivity contribution is 5.67. The molecule has 1 saturated heterocycles. The molecule has 1 aliphatic rings. The number of hydrogen-bond acceptors (Lipinski definition) is 3. The molecule has 0 radical (unpaired) electrons. The standard InChI is InChI=1S/C10H19NO3/c1-14-9(7-10(12)13)8-11-5-3-2-4-6-11/h9H,2-8H2,1H3,(H,12,13). The maximum absolute atomic E-state index is 10.5. The minimum atomic E-state index is -0.783. The highest BCUT2D eigenvalue weighted by atomic mass is 16.5. The monoisotopic (exact) mass is 201 g/mol. The summed E-state index contributed by atoms with van der Waals surface area (Å²) in [5, 5.41) is 8.65. The summed E-state index contributed by atoms with van der Waals surface area (Å²) in [6, 6.07) is 0. The molecule has 1 unspecified atom stereocenters. The molecule has 0 spiro atoms. The van der Waals surface area contributed by atoms with Gasteiger partial charge in [0, 0.05) is 13.7 Å². The van der Waals surface area contributed by atoms with Gasteiger partial charge in [0.15, 0.2) is 0 Å². The van der Waals surface area contributed by atoms with Crippen molar-refractivity contribution in [3.05, 3.63) is 0 Å². The van der Waals surface area contributed by atoms with Gasteiger partial charge in [0.25, 0.3) is 0 Å². The molecule has 0 aromatic heterocycles. The van der Waals surface area contributed by atoms with Crippen molar-refractivity contribution in [3.63, 3.8) is 0 Å². The van der Waals surface area contributed by atoms with Crippen LogP contribution in [-0.4, -0.2) is 48.8 Å². The van der Waals surface area contributed by atoms with Gasteiger partial charge in [0.1, 0.15) is 0 Å². The number of carbonyl (C=O) groups is 1. The Balaban J connectivity index is 2.27. The number of hydrogen-bond donors (Lipinski definition) is 1. The Kier molecular flexibility index (Phi) is 4.90. The van der Waals surface area contributed by atoms with E-state index >= 15 is 0 Å². The molecule has 4 heteroatoms. The van der Waals surface area contributed by atoms with Crippen molar-refractivity contribution >= 4 is 5.97 Å². The van der Waals surface area contributed by atoms with Crippen LogP contribution in [0, 0.1) is 0 Å². The number of rotatable bonds is 5. The summed E-state index contributed by atoms with van der Waals surface area (Å²) in [6.07, 6.45) is 3.69. The van der Waals surface area contributed by atoms with Crippen LogP contribution in [0.4, 0.5) is 0 Å². The largest absolute Gasteiger partial charge is 0.481 e. The zero-order valence-corrected chi connectivity index (χ0v) is 8.74. The molecule has 0 bridgehead atoms. The molecule has 0 saturated carbocycles. The van der Waals surface area contributed by atoms with Gasteiger partial charge in [-0.05, 0) is 25.9 Å². The number of likely N-dealkylation sites (tertiary alicyclic amines) is 1. The SMILES string of the molecule is COC(CC(=O)O)CN1CCCCC1. The predicted molar refractivity (Wildman–Crippen MR) is 53.3 cm³/mol. The molecule has 4 nitrogen and oxygen atoms in total. The first-order valence-corrected chi connectivity index (χ1v) is 5.19. The number of nitrogens with zero attached hydrogens (tertiary/aromatic N) is 1. The zero-order valence-electron chi connectivity index (χ0n) is 8.74. The van der Waals surface area contributed by atoms with Crippen LogP contribution in [0.25, 0.3) is 0 Å². The zero-order chi connectivity index (χ0) is 10.4. The maximum atomic E-state index is 10.5. The number of carboxylic acids is 1. The van der Waals surface area contributed by atoms with Crippen molar-refractivity contribution in [1.82, 2.24) is 4.90 Å². The Labute approximate surface area is 84.8 Å². The Morgan fingerprint density at radius 1 is 1.43 bits per heavy atom. The van der Waals surface area contributed by atoms with Crippen LogP contribution in [0.3, 0.4) is 0 Å². The molecular formula is C10H19NO3. The summed E-state index contributed by atoms with van der Waals surface area (Å²) in [4.78, 5) is 12.8. The van der Waals surface area contributed by atoms with Gasteiger partial charge in [-0.3, -0.25) is 4.79 Å². The van der Waals surface area contributed by atoms with Gasteiger partial charge >= 0.3 is 5.97 Å². The van der Waals surface area contributed by atoms with Crippen LogP contribution < -0.4 is 0 Å². The molecule has 0 amide bonds. The Morgan fingerprint density at radius 2 is 2.07 bits per heavy atom. The normalized spacial score (nSPS) is 20.6. The molecule has 0 aromatic carbocycles. The van der Waals surface area contributed by atoms with Gasteiger partial charge in [-0.15, -0.1) is 0 Å². The van der Waals surface area contributed by atoms with E-state index in [-0.39, 0.29) is 12.5 Å². The molecule has 1 fully saturated rings. The number of carboxylic acid groups (broad SMARTS) is 1. The second-order valence-corrected chi connectivity index (χ2v) is 3.82. The van der Waals surface area contributed by atoms with Crippen LogP contribution in [0.15, 0.2) is 0 Å². The first kappa shape index (κ1) is 11.5. The summed E-state index contributed by atoms with van der Waals surface area (Å²) in [7, 11) is 1.58. The van der Waals surface area contributed by atoms with Crippen molar-refractivity contribution in [2.75, 3.05) is 26.7 Å². The molecule has 82 valence electrons. The molecule has 1 N–H and O–H groups in total. The van der Waals surface area contributed by atoms with Crippen LogP contribution in [0.5, 0.6) is 0 Å². The third kappa shape index (κ3) is 4.07. The lowest BCUT2D eigenvalue weighted by molar-refractivity contribution is -0.140. The fourth-order valence-electron chi connectivity index (χ4n) is 1.85. The van der Waals surface area contributed by atoms with Crippen molar-refractivity contribution in [2.24, 2.45) is 0 Å². The molecule has 0 aliphatic carbocycles. The van der Waals surface area contributed by atoms with E-state index in [0.29, 0.717) is 0 Å². The Hall–Kier alpha value is -0.610. The van der Waals surface area contributed by atoms with Gasteiger partial charge in [-0.25, -0.2) is 0 Å². The van der Waals surface area contributed by atoms with Gasteiger partial charge in [0.2, 0.25) is 0 Å². The highest BCUT2D eigenvalue weighted by Crippen LogP contribution is 2.10. The van der Waals surface area contributed by atoms with Crippen LogP contribution in [-0.2, 0) is 9.53 Å². The fraction of sp³-hybridized carbons (Fsp3) is 0.900. The van der Waals surface area contributed by atoms with Crippen LogP contribution in [0.1, 0.15) is 25.7 Å². The number of piperidine rings is 1. The maximum Gasteiger partial charge on any atom is 0.306 e. The first-order chi connectivity index (χ1) is 6.72. The van der Waals surface area contributed by atoms with E-state index in [4.69, 9.17) is 9.84 Å². The van der Waals surface area contributed by atoms with E-state index in [0.717, 1.165) is 19.6 Å². The summed E-state index contributed by atoms with van der Waals surface area (Å²) in [6.45, 7) is 2.92. The Bertz CT molecular complexity index is 178. The van der Waals surface area contributed by atoms with E-state index in [1.807, 2.05) is 0 Å². The van der Waals surface area contributed by atoms with Crippen molar-refractivity contribution in [3.8, 4) is 0 Å².